The largest absolute Gasteiger partial charge is 2.00 e. The summed E-state index contributed by atoms with van der Waals surface area (Å²) >= 11 is 1.65. The second kappa shape index (κ2) is 10.7. The zero-order chi connectivity index (χ0) is 15.2. The van der Waals surface area contributed by atoms with Gasteiger partial charge in [-0.1, -0.05) is 55.3 Å². The van der Waals surface area contributed by atoms with Crippen LogP contribution in [0.1, 0.15) is 19.8 Å². The Bertz CT molecular complexity index is 694. The monoisotopic (exact) mass is 406 g/mol. The molecule has 0 unspecified atom stereocenters. The average Bonchev–Trinajstić information content (AvgIpc) is 3.11. The van der Waals surface area contributed by atoms with Crippen molar-refractivity contribution in [3.63, 3.8) is 0 Å². The third-order valence-electron chi connectivity index (χ3n) is 3.60. The number of halogens is 1. The minimum Gasteiger partial charge on any atom is -1.00 e. The summed E-state index contributed by atoms with van der Waals surface area (Å²) in [5, 5.41) is 3.13. The van der Waals surface area contributed by atoms with Crippen LogP contribution in [0.3, 0.4) is 0 Å². The molecule has 0 atom stereocenters. The van der Waals surface area contributed by atoms with Gasteiger partial charge in [0.2, 0.25) is 0 Å². The molecule has 0 aliphatic carbocycles. The Labute approximate surface area is 167 Å². The quantitative estimate of drug-likeness (QED) is 0.346. The molecule has 2 aromatic carbocycles. The van der Waals surface area contributed by atoms with E-state index >= 15 is 0 Å². The molecule has 0 N–H and O–H groups in total. The topological polar surface area (TPSA) is 9.23 Å². The smallest absolute Gasteiger partial charge is 1.00 e. The first kappa shape index (κ1) is 20.9. The Balaban J connectivity index is 0.00000144. The van der Waals surface area contributed by atoms with Crippen LogP contribution in [-0.2, 0) is 19.5 Å². The molecule has 1 nitrogen and oxygen atoms in total. The van der Waals surface area contributed by atoms with Crippen LogP contribution in [0.25, 0.3) is 21.6 Å². The maximum Gasteiger partial charge on any atom is 2.00 e. The van der Waals surface area contributed by atoms with Gasteiger partial charge >= 0.3 is 19.5 Å². The summed E-state index contributed by atoms with van der Waals surface area (Å²) in [6, 6.07) is 21.1. The van der Waals surface area contributed by atoms with Crippen molar-refractivity contribution in [2.75, 3.05) is 6.61 Å². The van der Waals surface area contributed by atoms with E-state index in [1.54, 1.807) is 11.3 Å². The van der Waals surface area contributed by atoms with E-state index in [1.165, 1.54) is 21.6 Å². The van der Waals surface area contributed by atoms with E-state index in [-0.39, 0.29) is 31.9 Å². The van der Waals surface area contributed by atoms with Crippen LogP contribution in [0.15, 0.2) is 60.7 Å². The molecule has 0 bridgehead atoms. The maximum atomic E-state index is 5.70. The van der Waals surface area contributed by atoms with Crippen LogP contribution in [-0.4, -0.2) is 6.61 Å². The van der Waals surface area contributed by atoms with Gasteiger partial charge in [-0.25, -0.2) is 0 Å². The zero-order valence-electron chi connectivity index (χ0n) is 13.8. The molecule has 0 amide bonds. The Morgan fingerprint density at radius 1 is 0.875 bits per heavy atom. The van der Waals surface area contributed by atoms with E-state index in [0.717, 1.165) is 25.2 Å². The summed E-state index contributed by atoms with van der Waals surface area (Å²) in [5.74, 6) is 0.947. The number of thiophene rings is 1. The fraction of sp³-hybridized carbons (Fsp3) is 0.200. The molecule has 0 saturated heterocycles. The van der Waals surface area contributed by atoms with E-state index in [4.69, 9.17) is 4.74 Å². The SMILES string of the molecule is CCCCOc1ccc(-c2ccc(-c3cc[c-]s3)cc2)cc1.[Cl-].[Zn+2]. The van der Waals surface area contributed by atoms with Crippen molar-refractivity contribution in [1.82, 2.24) is 0 Å². The number of hydrogen-bond donors (Lipinski definition) is 0. The van der Waals surface area contributed by atoms with E-state index in [2.05, 4.69) is 54.8 Å². The summed E-state index contributed by atoms with van der Waals surface area (Å²) in [6.45, 7) is 2.96. The van der Waals surface area contributed by atoms with Gasteiger partial charge in [-0.3, -0.25) is 11.3 Å². The average molecular weight is 408 g/mol. The molecular weight excluding hydrogens is 389 g/mol. The maximum absolute atomic E-state index is 5.70. The Morgan fingerprint density at radius 2 is 1.46 bits per heavy atom. The molecule has 0 aliphatic heterocycles. The number of rotatable bonds is 6. The van der Waals surface area contributed by atoms with Crippen LogP contribution in [0.4, 0.5) is 0 Å². The van der Waals surface area contributed by atoms with Gasteiger partial charge < -0.3 is 17.1 Å². The number of hydrogen-bond acceptors (Lipinski definition) is 2. The summed E-state index contributed by atoms with van der Waals surface area (Å²) in [4.78, 5) is 1.26. The predicted molar refractivity (Wildman–Crippen MR) is 94.4 cm³/mol. The van der Waals surface area contributed by atoms with Crippen molar-refractivity contribution in [1.29, 1.82) is 0 Å². The van der Waals surface area contributed by atoms with Gasteiger partial charge in [-0.15, -0.1) is 10.3 Å². The summed E-state index contributed by atoms with van der Waals surface area (Å²) in [7, 11) is 0. The molecule has 0 saturated carbocycles. The molecule has 3 aromatic rings. The van der Waals surface area contributed by atoms with E-state index in [0.29, 0.717) is 0 Å². The molecular formula is C20H19ClOSZn. The minimum absolute atomic E-state index is 0. The molecule has 0 fully saturated rings. The second-order valence-electron chi connectivity index (χ2n) is 5.22. The third kappa shape index (κ3) is 5.44. The van der Waals surface area contributed by atoms with Crippen molar-refractivity contribution in [3.05, 3.63) is 66.0 Å². The van der Waals surface area contributed by atoms with Crippen LogP contribution in [0.2, 0.25) is 0 Å². The Morgan fingerprint density at radius 3 is 2.00 bits per heavy atom. The fourth-order valence-corrected chi connectivity index (χ4v) is 2.95. The number of unbranched alkanes of at least 4 members (excludes halogenated alkanes) is 1. The first-order valence-corrected chi connectivity index (χ1v) is 8.48. The van der Waals surface area contributed by atoms with E-state index in [1.807, 2.05) is 18.2 Å². The van der Waals surface area contributed by atoms with Crippen molar-refractivity contribution >= 4 is 11.3 Å². The molecule has 1 aromatic heterocycles. The molecule has 1 heterocycles. The number of benzene rings is 2. The Hall–Kier alpha value is -1.15. The zero-order valence-corrected chi connectivity index (χ0v) is 18.3. The van der Waals surface area contributed by atoms with Gasteiger partial charge in [-0.2, -0.15) is 12.1 Å². The third-order valence-corrected chi connectivity index (χ3v) is 4.44. The Kier molecular flexibility index (Phi) is 9.28. The number of ether oxygens (including phenoxy) is 1. The minimum atomic E-state index is 0. The standard InChI is InChI=1S/C20H19OS.ClH.Zn/c1-2-3-14-21-19-12-10-17(11-13-19)16-6-8-18(9-7-16)20-5-4-15-22-20;;/h4-13H,2-3,14H2,1H3;1H;/q-1;;+2/p-1. The van der Waals surface area contributed by atoms with Crippen LogP contribution < -0.4 is 17.1 Å². The first-order valence-electron chi connectivity index (χ1n) is 7.66. The van der Waals surface area contributed by atoms with Crippen LogP contribution >= 0.6 is 11.3 Å². The summed E-state index contributed by atoms with van der Waals surface area (Å²) < 4.78 is 5.70. The fourth-order valence-electron chi connectivity index (χ4n) is 2.30. The molecule has 24 heavy (non-hydrogen) atoms. The van der Waals surface area contributed by atoms with Crippen molar-refractivity contribution in [2.45, 2.75) is 19.8 Å². The molecule has 0 spiro atoms. The van der Waals surface area contributed by atoms with Gasteiger partial charge in [0.05, 0.1) is 6.61 Å². The molecule has 120 valence electrons. The molecule has 3 rings (SSSR count). The normalized spacial score (nSPS) is 9.71. The summed E-state index contributed by atoms with van der Waals surface area (Å²) in [5.41, 5.74) is 3.69. The molecule has 4 heteroatoms. The predicted octanol–water partition coefficient (Wildman–Crippen LogP) is 3.06. The molecule has 0 aliphatic rings. The van der Waals surface area contributed by atoms with Crippen LogP contribution in [0.5, 0.6) is 5.75 Å². The van der Waals surface area contributed by atoms with Gasteiger partial charge in [0.1, 0.15) is 5.75 Å². The van der Waals surface area contributed by atoms with Crippen molar-refractivity contribution in [2.24, 2.45) is 0 Å². The summed E-state index contributed by atoms with van der Waals surface area (Å²) in [6.07, 6.45) is 2.26. The van der Waals surface area contributed by atoms with Crippen LogP contribution in [0, 0.1) is 5.38 Å². The van der Waals surface area contributed by atoms with Gasteiger partial charge in [0.15, 0.2) is 0 Å². The van der Waals surface area contributed by atoms with Gasteiger partial charge in [0, 0.05) is 0 Å². The van der Waals surface area contributed by atoms with Crippen molar-refractivity contribution < 1.29 is 36.6 Å². The molecule has 0 radical (unpaired) electrons. The van der Waals surface area contributed by atoms with E-state index in [9.17, 15) is 0 Å². The van der Waals surface area contributed by atoms with Gasteiger partial charge in [0.25, 0.3) is 0 Å². The first-order chi connectivity index (χ1) is 10.9. The van der Waals surface area contributed by atoms with Gasteiger partial charge in [-0.05, 0) is 29.7 Å². The van der Waals surface area contributed by atoms with E-state index < -0.39 is 0 Å². The second-order valence-corrected chi connectivity index (χ2v) is 6.10. The van der Waals surface area contributed by atoms with Crippen molar-refractivity contribution in [3.8, 4) is 27.3 Å².